The van der Waals surface area contributed by atoms with Gasteiger partial charge in [0.05, 0.1) is 0 Å². The van der Waals surface area contributed by atoms with Crippen molar-refractivity contribution in [1.29, 1.82) is 0 Å². The summed E-state index contributed by atoms with van der Waals surface area (Å²) < 4.78 is 0. The Labute approximate surface area is 131 Å². The molecule has 0 saturated carbocycles. The number of rotatable bonds is 9. The molecule has 5 nitrogen and oxygen atoms in total. The van der Waals surface area contributed by atoms with Gasteiger partial charge in [0.25, 0.3) is 5.91 Å². The Morgan fingerprint density at radius 2 is 2.14 bits per heavy atom. The summed E-state index contributed by atoms with van der Waals surface area (Å²) in [5.41, 5.74) is 0.540. The average Bonchev–Trinajstić information content (AvgIpc) is 2.48. The van der Waals surface area contributed by atoms with Crippen LogP contribution in [0.5, 0.6) is 0 Å². The summed E-state index contributed by atoms with van der Waals surface area (Å²) in [6, 6.07) is 3.32. The number of hydrogen-bond donors (Lipinski definition) is 2. The van der Waals surface area contributed by atoms with E-state index in [2.05, 4.69) is 17.2 Å². The number of aromatic nitrogens is 1. The predicted molar refractivity (Wildman–Crippen MR) is 85.9 cm³/mol. The smallest absolute Gasteiger partial charge is 0.253 e. The lowest BCUT2D eigenvalue weighted by molar-refractivity contribution is 0.0792. The highest BCUT2D eigenvalue weighted by Gasteiger charge is 2.13. The maximum absolute atomic E-state index is 12.3. The summed E-state index contributed by atoms with van der Waals surface area (Å²) in [4.78, 5) is 18.2. The second-order valence-electron chi connectivity index (χ2n) is 5.00. The fourth-order valence-electron chi connectivity index (χ4n) is 1.92. The number of carbonyl (C=O) groups excluding carboxylic acids is 1. The van der Waals surface area contributed by atoms with Gasteiger partial charge >= 0.3 is 0 Å². The van der Waals surface area contributed by atoms with Crippen LogP contribution in [0.15, 0.2) is 12.1 Å². The maximum atomic E-state index is 12.3. The van der Waals surface area contributed by atoms with E-state index in [4.69, 9.17) is 16.7 Å². The molecule has 1 rings (SSSR count). The standard InChI is InChI=1S/C15H24ClN3O2/c1-3-7-17-14-11-12(10-13(16)18-14)15(21)19(2)8-5-4-6-9-20/h10-11,20H,3-9H2,1-2H3,(H,17,18). The van der Waals surface area contributed by atoms with Gasteiger partial charge in [0.2, 0.25) is 0 Å². The van der Waals surface area contributed by atoms with Crippen LogP contribution in [0.3, 0.4) is 0 Å². The molecular formula is C15H24ClN3O2. The summed E-state index contributed by atoms with van der Waals surface area (Å²) in [6.07, 6.45) is 3.54. The number of hydrogen-bond acceptors (Lipinski definition) is 4. The van der Waals surface area contributed by atoms with Gasteiger partial charge in [-0.3, -0.25) is 4.79 Å². The number of pyridine rings is 1. The summed E-state index contributed by atoms with van der Waals surface area (Å²) in [5, 5.41) is 12.2. The monoisotopic (exact) mass is 313 g/mol. The fourth-order valence-corrected chi connectivity index (χ4v) is 2.13. The Hall–Kier alpha value is -1.33. The molecule has 118 valence electrons. The Morgan fingerprint density at radius 1 is 1.38 bits per heavy atom. The average molecular weight is 314 g/mol. The van der Waals surface area contributed by atoms with Gasteiger partial charge in [0.1, 0.15) is 11.0 Å². The number of aliphatic hydroxyl groups is 1. The summed E-state index contributed by atoms with van der Waals surface area (Å²) >= 11 is 5.97. The zero-order valence-corrected chi connectivity index (χ0v) is 13.5. The Bertz CT molecular complexity index is 455. The molecule has 0 saturated heterocycles. The largest absolute Gasteiger partial charge is 0.396 e. The topological polar surface area (TPSA) is 65.5 Å². The lowest BCUT2D eigenvalue weighted by Gasteiger charge is -2.17. The van der Waals surface area contributed by atoms with Crippen molar-refractivity contribution < 1.29 is 9.90 Å². The van der Waals surface area contributed by atoms with Crippen molar-refractivity contribution in [2.24, 2.45) is 0 Å². The van der Waals surface area contributed by atoms with E-state index < -0.39 is 0 Å². The van der Waals surface area contributed by atoms with E-state index in [0.717, 1.165) is 32.2 Å². The number of nitrogens with one attached hydrogen (secondary N) is 1. The maximum Gasteiger partial charge on any atom is 0.253 e. The number of unbranched alkanes of at least 4 members (excludes halogenated alkanes) is 2. The molecule has 0 unspecified atom stereocenters. The molecule has 0 aliphatic heterocycles. The number of carbonyl (C=O) groups is 1. The first-order chi connectivity index (χ1) is 10.1. The Balaban J connectivity index is 2.65. The van der Waals surface area contributed by atoms with Crippen LogP contribution in [0.4, 0.5) is 5.82 Å². The minimum atomic E-state index is -0.0668. The Kier molecular flexibility index (Phi) is 8.08. The molecule has 0 atom stereocenters. The van der Waals surface area contributed by atoms with Gasteiger partial charge < -0.3 is 15.3 Å². The molecule has 21 heavy (non-hydrogen) atoms. The first-order valence-electron chi connectivity index (χ1n) is 7.36. The van der Waals surface area contributed by atoms with E-state index in [1.54, 1.807) is 24.1 Å². The van der Waals surface area contributed by atoms with Crippen molar-refractivity contribution in [2.75, 3.05) is 32.1 Å². The van der Waals surface area contributed by atoms with Gasteiger partial charge in [0, 0.05) is 32.3 Å². The van der Waals surface area contributed by atoms with Crippen molar-refractivity contribution in [1.82, 2.24) is 9.88 Å². The molecular weight excluding hydrogens is 290 g/mol. The van der Waals surface area contributed by atoms with Crippen LogP contribution in [0.25, 0.3) is 0 Å². The highest BCUT2D eigenvalue weighted by Crippen LogP contribution is 2.16. The molecule has 0 aromatic carbocycles. The van der Waals surface area contributed by atoms with Gasteiger partial charge in [-0.1, -0.05) is 18.5 Å². The van der Waals surface area contributed by atoms with E-state index >= 15 is 0 Å². The van der Waals surface area contributed by atoms with E-state index in [1.165, 1.54) is 0 Å². The number of nitrogens with zero attached hydrogens (tertiary/aromatic N) is 2. The fraction of sp³-hybridized carbons (Fsp3) is 0.600. The van der Waals surface area contributed by atoms with Gasteiger partial charge in [0.15, 0.2) is 0 Å². The molecule has 0 fully saturated rings. The molecule has 0 bridgehead atoms. The van der Waals surface area contributed by atoms with Crippen LogP contribution in [0.1, 0.15) is 43.0 Å². The lowest BCUT2D eigenvalue weighted by atomic mass is 10.2. The molecule has 1 heterocycles. The summed E-state index contributed by atoms with van der Waals surface area (Å²) in [7, 11) is 1.77. The van der Waals surface area contributed by atoms with Gasteiger partial charge in [-0.15, -0.1) is 0 Å². The van der Waals surface area contributed by atoms with Crippen molar-refractivity contribution in [3.05, 3.63) is 22.8 Å². The van der Waals surface area contributed by atoms with Crippen LogP contribution in [-0.2, 0) is 0 Å². The second kappa shape index (κ2) is 9.58. The first kappa shape index (κ1) is 17.7. The highest BCUT2D eigenvalue weighted by atomic mass is 35.5. The van der Waals surface area contributed by atoms with Crippen molar-refractivity contribution >= 4 is 23.3 Å². The van der Waals surface area contributed by atoms with Crippen LogP contribution >= 0.6 is 11.6 Å². The lowest BCUT2D eigenvalue weighted by Crippen LogP contribution is -2.28. The van der Waals surface area contributed by atoms with Crippen molar-refractivity contribution in [2.45, 2.75) is 32.6 Å². The quantitative estimate of drug-likeness (QED) is 0.543. The molecule has 0 radical (unpaired) electrons. The molecule has 0 aliphatic carbocycles. The van der Waals surface area contributed by atoms with Crippen LogP contribution in [0, 0.1) is 0 Å². The van der Waals surface area contributed by atoms with Gasteiger partial charge in [-0.2, -0.15) is 0 Å². The minimum absolute atomic E-state index is 0.0668. The van der Waals surface area contributed by atoms with E-state index in [-0.39, 0.29) is 12.5 Å². The SMILES string of the molecule is CCCNc1cc(C(=O)N(C)CCCCCO)cc(Cl)n1. The summed E-state index contributed by atoms with van der Waals surface area (Å²) in [6.45, 7) is 3.71. The summed E-state index contributed by atoms with van der Waals surface area (Å²) in [5.74, 6) is 0.559. The number of aliphatic hydroxyl groups excluding tert-OH is 1. The highest BCUT2D eigenvalue weighted by molar-refractivity contribution is 6.29. The van der Waals surface area contributed by atoms with Crippen molar-refractivity contribution in [3.8, 4) is 0 Å². The third-order valence-corrected chi connectivity index (χ3v) is 3.29. The van der Waals surface area contributed by atoms with Crippen LogP contribution in [-0.4, -0.2) is 47.6 Å². The van der Waals surface area contributed by atoms with Gasteiger partial charge in [-0.25, -0.2) is 4.98 Å². The number of anilines is 1. The van der Waals surface area contributed by atoms with E-state index in [9.17, 15) is 4.79 Å². The second-order valence-corrected chi connectivity index (χ2v) is 5.39. The third kappa shape index (κ3) is 6.31. The molecule has 0 aliphatic rings. The zero-order chi connectivity index (χ0) is 15.7. The van der Waals surface area contributed by atoms with Crippen LogP contribution in [0.2, 0.25) is 5.15 Å². The minimum Gasteiger partial charge on any atom is -0.396 e. The zero-order valence-electron chi connectivity index (χ0n) is 12.7. The molecule has 1 aromatic rings. The van der Waals surface area contributed by atoms with E-state index in [1.807, 2.05) is 0 Å². The van der Waals surface area contributed by atoms with E-state index in [0.29, 0.717) is 23.1 Å². The van der Waals surface area contributed by atoms with Crippen LogP contribution < -0.4 is 5.32 Å². The molecule has 2 N–H and O–H groups in total. The molecule has 6 heteroatoms. The molecule has 1 aromatic heterocycles. The number of halogens is 1. The predicted octanol–water partition coefficient (Wildman–Crippen LogP) is 2.79. The number of amides is 1. The first-order valence-corrected chi connectivity index (χ1v) is 7.74. The Morgan fingerprint density at radius 3 is 2.81 bits per heavy atom. The third-order valence-electron chi connectivity index (χ3n) is 3.10. The van der Waals surface area contributed by atoms with Gasteiger partial charge in [-0.05, 0) is 37.8 Å². The normalized spacial score (nSPS) is 10.5. The molecule has 0 spiro atoms. The molecule has 1 amide bonds. The van der Waals surface area contributed by atoms with Crippen molar-refractivity contribution in [3.63, 3.8) is 0 Å².